The molecule has 1 aromatic heterocycles. The Hall–Kier alpha value is -2.98. The van der Waals surface area contributed by atoms with E-state index in [9.17, 15) is 13.7 Å². The maximum absolute atomic E-state index is 10.8. The van der Waals surface area contributed by atoms with Crippen LogP contribution in [0.5, 0.6) is 0 Å². The molecule has 0 radical (unpaired) electrons. The summed E-state index contributed by atoms with van der Waals surface area (Å²) in [6.45, 7) is 6.06. The molecule has 0 fully saturated rings. The van der Waals surface area contributed by atoms with E-state index in [2.05, 4.69) is 21.6 Å². The van der Waals surface area contributed by atoms with Crippen LogP contribution in [0.25, 0.3) is 22.0 Å². The number of nitriles is 1. The van der Waals surface area contributed by atoms with Crippen LogP contribution in [0, 0.1) is 11.3 Å². The molecule has 0 saturated carbocycles. The van der Waals surface area contributed by atoms with Gasteiger partial charge in [-0.15, -0.1) is 10.2 Å². The average molecular weight is 380 g/mol. The van der Waals surface area contributed by atoms with E-state index in [1.165, 1.54) is 0 Å². The lowest BCUT2D eigenvalue weighted by Gasteiger charge is -2.23. The smallest absolute Gasteiger partial charge is 0.186 e. The monoisotopic (exact) mass is 380 g/mol. The zero-order valence-corrected chi connectivity index (χ0v) is 16.2. The van der Waals surface area contributed by atoms with Crippen LogP contribution in [0.3, 0.4) is 0 Å². The summed E-state index contributed by atoms with van der Waals surface area (Å²) < 4.78 is 21.7. The molecular formula is C20H20N4O2S. The van der Waals surface area contributed by atoms with Gasteiger partial charge in [-0.3, -0.25) is 0 Å². The first-order valence-corrected chi connectivity index (χ1v) is 9.83. The van der Waals surface area contributed by atoms with E-state index in [1.807, 2.05) is 63.2 Å². The fourth-order valence-corrected chi connectivity index (χ4v) is 3.33. The highest BCUT2D eigenvalue weighted by Crippen LogP contribution is 2.30. The van der Waals surface area contributed by atoms with Crippen LogP contribution in [-0.4, -0.2) is 24.2 Å². The van der Waals surface area contributed by atoms with Crippen LogP contribution in [-0.2, 0) is 16.5 Å². The number of fused-ring (bicyclic) bond motifs is 1. The molecule has 2 aromatic carbocycles. The van der Waals surface area contributed by atoms with Gasteiger partial charge in [-0.2, -0.15) is 5.26 Å². The number of nitrogens with one attached hydrogen (secondary N) is 1. The minimum Gasteiger partial charge on any atom is -0.377 e. The van der Waals surface area contributed by atoms with Crippen molar-refractivity contribution in [3.05, 3.63) is 53.7 Å². The molecule has 3 aromatic rings. The second kappa shape index (κ2) is 7.33. The van der Waals surface area contributed by atoms with Crippen LogP contribution in [0.15, 0.2) is 42.5 Å². The van der Waals surface area contributed by atoms with Gasteiger partial charge in [-0.25, -0.2) is 8.42 Å². The number of hydrogen-bond acceptors (Lipinski definition) is 6. The zero-order chi connectivity index (χ0) is 19.6. The van der Waals surface area contributed by atoms with E-state index >= 15 is 0 Å². The molecule has 0 saturated heterocycles. The SMILES string of the molecule is CC(C)(C)Nc1c(C#N)nnc2cc(-c3ccc(C[SH](=O)=O)cc3)ccc12. The summed E-state index contributed by atoms with van der Waals surface area (Å²) in [7, 11) is -2.44. The minimum atomic E-state index is -2.44. The molecule has 1 heterocycles. The summed E-state index contributed by atoms with van der Waals surface area (Å²) in [5, 5.41) is 21.8. The Bertz CT molecular complexity index is 1100. The average Bonchev–Trinajstić information content (AvgIpc) is 2.60. The molecule has 138 valence electrons. The number of nitrogens with zero attached hydrogens (tertiary/aromatic N) is 3. The fourth-order valence-electron chi connectivity index (χ4n) is 2.82. The van der Waals surface area contributed by atoms with Gasteiger partial charge in [0.1, 0.15) is 16.8 Å². The first kappa shape index (κ1) is 18.8. The number of anilines is 1. The Labute approximate surface area is 159 Å². The first-order chi connectivity index (χ1) is 12.8. The summed E-state index contributed by atoms with van der Waals surface area (Å²) in [6.07, 6.45) is 0. The second-order valence-electron chi connectivity index (χ2n) is 7.33. The summed E-state index contributed by atoms with van der Waals surface area (Å²) in [5.41, 5.74) is 4.06. The van der Waals surface area contributed by atoms with Crippen LogP contribution < -0.4 is 5.32 Å². The predicted octanol–water partition coefficient (Wildman–Crippen LogP) is 3.49. The molecule has 0 aliphatic rings. The number of rotatable bonds is 4. The largest absolute Gasteiger partial charge is 0.377 e. The number of benzene rings is 2. The number of aromatic nitrogens is 2. The molecule has 6 nitrogen and oxygen atoms in total. The Morgan fingerprint density at radius 3 is 2.30 bits per heavy atom. The molecule has 0 amide bonds. The second-order valence-corrected chi connectivity index (χ2v) is 8.31. The fraction of sp³-hybridized carbons (Fsp3) is 0.250. The summed E-state index contributed by atoms with van der Waals surface area (Å²) >= 11 is 0. The van der Waals surface area contributed by atoms with Gasteiger partial charge in [-0.1, -0.05) is 30.3 Å². The lowest BCUT2D eigenvalue weighted by molar-refractivity contribution is 0.614. The van der Waals surface area contributed by atoms with E-state index in [0.717, 1.165) is 22.1 Å². The van der Waals surface area contributed by atoms with Crippen molar-refractivity contribution in [1.82, 2.24) is 10.2 Å². The third kappa shape index (κ3) is 4.41. The van der Waals surface area contributed by atoms with Gasteiger partial charge in [0.05, 0.1) is 17.0 Å². The normalized spacial score (nSPS) is 11.5. The third-order valence-corrected chi connectivity index (χ3v) is 4.59. The standard InChI is InChI=1S/C20H20N4O2S/c1-20(2,3)22-19-16-9-8-15(10-17(16)23-24-18(19)11-21)14-6-4-13(5-7-14)12-27(25)26/h4-10,27H,12H2,1-3H3,(H,22,23). The van der Waals surface area contributed by atoms with Crippen molar-refractivity contribution in [1.29, 1.82) is 5.26 Å². The first-order valence-electron chi connectivity index (χ1n) is 8.47. The summed E-state index contributed by atoms with van der Waals surface area (Å²) in [4.78, 5) is 0. The number of thiol groups is 1. The third-order valence-electron chi connectivity index (χ3n) is 3.97. The van der Waals surface area contributed by atoms with Crippen molar-refractivity contribution in [3.8, 4) is 17.2 Å². The van der Waals surface area contributed by atoms with Crippen molar-refractivity contribution in [3.63, 3.8) is 0 Å². The van der Waals surface area contributed by atoms with Crippen LogP contribution in [0.2, 0.25) is 0 Å². The minimum absolute atomic E-state index is 0.0393. The lowest BCUT2D eigenvalue weighted by Crippen LogP contribution is -2.27. The highest BCUT2D eigenvalue weighted by molar-refractivity contribution is 7.71. The van der Waals surface area contributed by atoms with E-state index in [0.29, 0.717) is 11.2 Å². The van der Waals surface area contributed by atoms with Gasteiger partial charge in [0.2, 0.25) is 0 Å². The van der Waals surface area contributed by atoms with E-state index in [-0.39, 0.29) is 17.0 Å². The van der Waals surface area contributed by atoms with Crippen molar-refractivity contribution in [2.45, 2.75) is 32.1 Å². The molecular weight excluding hydrogens is 360 g/mol. The van der Waals surface area contributed by atoms with Gasteiger partial charge in [0.15, 0.2) is 5.69 Å². The van der Waals surface area contributed by atoms with Crippen LogP contribution in [0.1, 0.15) is 32.0 Å². The van der Waals surface area contributed by atoms with Gasteiger partial charge >= 0.3 is 0 Å². The zero-order valence-electron chi connectivity index (χ0n) is 15.4. The van der Waals surface area contributed by atoms with Crippen molar-refractivity contribution in [2.75, 3.05) is 5.32 Å². The Balaban J connectivity index is 2.04. The van der Waals surface area contributed by atoms with Crippen LogP contribution >= 0.6 is 0 Å². The molecule has 0 aliphatic heterocycles. The molecule has 7 heteroatoms. The molecule has 0 aliphatic carbocycles. The van der Waals surface area contributed by atoms with Gasteiger partial charge in [0.25, 0.3) is 0 Å². The maximum Gasteiger partial charge on any atom is 0.186 e. The highest BCUT2D eigenvalue weighted by atomic mass is 32.2. The summed E-state index contributed by atoms with van der Waals surface area (Å²) in [5.74, 6) is 0.0393. The molecule has 0 bridgehead atoms. The molecule has 27 heavy (non-hydrogen) atoms. The van der Waals surface area contributed by atoms with Gasteiger partial charge < -0.3 is 5.32 Å². The van der Waals surface area contributed by atoms with Gasteiger partial charge in [0, 0.05) is 10.9 Å². The van der Waals surface area contributed by atoms with Crippen LogP contribution in [0.4, 0.5) is 5.69 Å². The topological polar surface area (TPSA) is 95.7 Å². The molecule has 0 atom stereocenters. The molecule has 3 rings (SSSR count). The Morgan fingerprint density at radius 1 is 1.04 bits per heavy atom. The molecule has 0 spiro atoms. The van der Waals surface area contributed by atoms with E-state index in [4.69, 9.17) is 0 Å². The van der Waals surface area contributed by atoms with Crippen molar-refractivity contribution >= 4 is 27.3 Å². The summed E-state index contributed by atoms with van der Waals surface area (Å²) in [6, 6.07) is 15.3. The highest BCUT2D eigenvalue weighted by Gasteiger charge is 2.17. The van der Waals surface area contributed by atoms with Crippen molar-refractivity contribution in [2.24, 2.45) is 0 Å². The van der Waals surface area contributed by atoms with E-state index in [1.54, 1.807) is 0 Å². The Kier molecular flexibility index (Phi) is 5.10. The van der Waals surface area contributed by atoms with Crippen molar-refractivity contribution < 1.29 is 8.42 Å². The molecule has 1 N–H and O–H groups in total. The van der Waals surface area contributed by atoms with E-state index < -0.39 is 10.7 Å². The lowest BCUT2D eigenvalue weighted by atomic mass is 10.0. The van der Waals surface area contributed by atoms with Gasteiger partial charge in [-0.05, 0) is 49.6 Å². The number of hydrogen-bond donors (Lipinski definition) is 2. The maximum atomic E-state index is 10.8. The quantitative estimate of drug-likeness (QED) is 0.673. The Morgan fingerprint density at radius 2 is 1.70 bits per heavy atom. The molecule has 0 unspecified atom stereocenters. The predicted molar refractivity (Wildman–Crippen MR) is 107 cm³/mol.